The number of nitrogens with one attached hydrogen (secondary N) is 1. The molecule has 2 N–H and O–H groups in total. The minimum absolute atomic E-state index is 0.0513. The van der Waals surface area contributed by atoms with E-state index in [1.54, 1.807) is 0 Å². The highest BCUT2D eigenvalue weighted by Crippen LogP contribution is 2.29. The van der Waals surface area contributed by atoms with Crippen molar-refractivity contribution >= 4 is 5.91 Å². The molecular weight excluding hydrogens is 278 g/mol. The Kier molecular flexibility index (Phi) is 4.98. The second-order valence-corrected chi connectivity index (χ2v) is 6.47. The Labute approximate surface area is 131 Å². The Bertz CT molecular complexity index is 523. The van der Waals surface area contributed by atoms with Gasteiger partial charge in [-0.15, -0.1) is 0 Å². The largest absolute Gasteiger partial charge is 0.493 e. The van der Waals surface area contributed by atoms with Gasteiger partial charge in [-0.2, -0.15) is 0 Å². The number of hydrogen-bond donors (Lipinski definition) is 2. The van der Waals surface area contributed by atoms with Crippen LogP contribution in [0.25, 0.3) is 0 Å². The molecule has 3 rings (SSSR count). The van der Waals surface area contributed by atoms with E-state index in [0.29, 0.717) is 13.0 Å². The molecule has 1 aromatic carbocycles. The van der Waals surface area contributed by atoms with Crippen LogP contribution in [0, 0.1) is 5.92 Å². The van der Waals surface area contributed by atoms with Crippen molar-refractivity contribution in [2.75, 3.05) is 13.2 Å². The van der Waals surface area contributed by atoms with Crippen LogP contribution in [0.4, 0.5) is 0 Å². The van der Waals surface area contributed by atoms with Crippen LogP contribution >= 0.6 is 0 Å². The summed E-state index contributed by atoms with van der Waals surface area (Å²) in [6.07, 6.45) is 6.97. The van der Waals surface area contributed by atoms with Crippen LogP contribution in [0.1, 0.15) is 55.8 Å². The Balaban J connectivity index is 1.43. The summed E-state index contributed by atoms with van der Waals surface area (Å²) in [7, 11) is 0. The number of amides is 1. The molecular formula is C18H25NO3. The molecule has 2 aliphatic rings. The smallest absolute Gasteiger partial charge is 0.220 e. The molecule has 1 atom stereocenters. The average Bonchev–Trinajstić information content (AvgIpc) is 3.20. The molecule has 0 saturated heterocycles. The van der Waals surface area contributed by atoms with Crippen molar-refractivity contribution in [2.24, 2.45) is 5.92 Å². The summed E-state index contributed by atoms with van der Waals surface area (Å²) < 4.78 is 5.46. The third-order valence-corrected chi connectivity index (χ3v) is 4.85. The van der Waals surface area contributed by atoms with Gasteiger partial charge in [-0.05, 0) is 35.6 Å². The molecule has 4 heteroatoms. The minimum atomic E-state index is -0.652. The highest BCUT2D eigenvalue weighted by molar-refractivity contribution is 5.75. The predicted octanol–water partition coefficient (Wildman–Crippen LogP) is 2.74. The third kappa shape index (κ3) is 3.80. The van der Waals surface area contributed by atoms with Gasteiger partial charge < -0.3 is 15.2 Å². The van der Waals surface area contributed by atoms with Gasteiger partial charge in [-0.25, -0.2) is 0 Å². The fourth-order valence-corrected chi connectivity index (χ4v) is 3.46. The molecule has 22 heavy (non-hydrogen) atoms. The van der Waals surface area contributed by atoms with Crippen LogP contribution in [0.3, 0.4) is 0 Å². The van der Waals surface area contributed by atoms with Gasteiger partial charge in [-0.1, -0.05) is 31.7 Å². The quantitative estimate of drug-likeness (QED) is 0.849. The highest BCUT2D eigenvalue weighted by Gasteiger charge is 2.18. The van der Waals surface area contributed by atoms with Gasteiger partial charge in [0.2, 0.25) is 5.91 Å². The third-order valence-electron chi connectivity index (χ3n) is 4.85. The molecule has 1 unspecified atom stereocenters. The Morgan fingerprint density at radius 1 is 1.36 bits per heavy atom. The predicted molar refractivity (Wildman–Crippen MR) is 84.8 cm³/mol. The zero-order chi connectivity index (χ0) is 15.4. The maximum absolute atomic E-state index is 11.9. The van der Waals surface area contributed by atoms with E-state index >= 15 is 0 Å². The summed E-state index contributed by atoms with van der Waals surface area (Å²) in [5, 5.41) is 13.1. The van der Waals surface area contributed by atoms with Gasteiger partial charge in [0, 0.05) is 19.4 Å². The first-order valence-electron chi connectivity index (χ1n) is 8.43. The first-order chi connectivity index (χ1) is 10.7. The van der Waals surface area contributed by atoms with Crippen LogP contribution in [-0.2, 0) is 11.2 Å². The van der Waals surface area contributed by atoms with Gasteiger partial charge in [0.25, 0.3) is 0 Å². The molecule has 1 fully saturated rings. The summed E-state index contributed by atoms with van der Waals surface area (Å²) in [5.74, 6) is 1.69. The second-order valence-electron chi connectivity index (χ2n) is 6.47. The van der Waals surface area contributed by atoms with Gasteiger partial charge in [-0.3, -0.25) is 4.79 Å². The number of ether oxygens (including phenoxy) is 1. The number of rotatable bonds is 6. The van der Waals surface area contributed by atoms with E-state index in [4.69, 9.17) is 4.74 Å². The lowest BCUT2D eigenvalue weighted by atomic mass is 10.0. The maximum Gasteiger partial charge on any atom is 0.220 e. The molecule has 0 bridgehead atoms. The normalized spacial score (nSPS) is 18.8. The standard InChI is InChI=1S/C18H25NO3/c20-16(14-6-7-17-15(11-14)9-10-22-17)12-19-18(21)8-5-13-3-1-2-4-13/h6-7,11,13,16,20H,1-5,8-10,12H2,(H,19,21). The molecule has 1 aliphatic carbocycles. The Hall–Kier alpha value is -1.55. The molecule has 1 aromatic rings. The van der Waals surface area contributed by atoms with Crippen molar-refractivity contribution in [1.29, 1.82) is 0 Å². The lowest BCUT2D eigenvalue weighted by molar-refractivity contribution is -0.121. The zero-order valence-electron chi connectivity index (χ0n) is 13.0. The van der Waals surface area contributed by atoms with Crippen molar-refractivity contribution in [1.82, 2.24) is 5.32 Å². The molecule has 1 saturated carbocycles. The van der Waals surface area contributed by atoms with E-state index in [1.807, 2.05) is 18.2 Å². The lowest BCUT2D eigenvalue weighted by Gasteiger charge is -2.14. The molecule has 4 nitrogen and oxygen atoms in total. The molecule has 1 amide bonds. The van der Waals surface area contributed by atoms with Gasteiger partial charge in [0.1, 0.15) is 5.75 Å². The second kappa shape index (κ2) is 7.14. The summed E-state index contributed by atoms with van der Waals surface area (Å²) in [6.45, 7) is 0.996. The van der Waals surface area contributed by atoms with E-state index in [2.05, 4.69) is 5.32 Å². The monoisotopic (exact) mass is 303 g/mol. The van der Waals surface area contributed by atoms with Crippen molar-refractivity contribution in [2.45, 2.75) is 51.0 Å². The van der Waals surface area contributed by atoms with Crippen LogP contribution < -0.4 is 10.1 Å². The van der Waals surface area contributed by atoms with Crippen LogP contribution in [-0.4, -0.2) is 24.2 Å². The topological polar surface area (TPSA) is 58.6 Å². The summed E-state index contributed by atoms with van der Waals surface area (Å²) >= 11 is 0. The molecule has 1 aliphatic heterocycles. The average molecular weight is 303 g/mol. The molecule has 0 radical (unpaired) electrons. The van der Waals surface area contributed by atoms with E-state index in [-0.39, 0.29) is 12.5 Å². The van der Waals surface area contributed by atoms with E-state index in [0.717, 1.165) is 35.6 Å². The van der Waals surface area contributed by atoms with Gasteiger partial charge in [0.05, 0.1) is 12.7 Å². The van der Waals surface area contributed by atoms with Crippen LogP contribution in [0.15, 0.2) is 18.2 Å². The minimum Gasteiger partial charge on any atom is -0.493 e. The number of aliphatic hydroxyl groups excluding tert-OH is 1. The summed E-state index contributed by atoms with van der Waals surface area (Å²) in [5.41, 5.74) is 1.99. The van der Waals surface area contributed by atoms with Crippen molar-refractivity contribution < 1.29 is 14.6 Å². The number of carbonyl (C=O) groups is 1. The summed E-state index contributed by atoms with van der Waals surface area (Å²) in [6, 6.07) is 5.76. The number of hydrogen-bond acceptors (Lipinski definition) is 3. The molecule has 0 spiro atoms. The summed E-state index contributed by atoms with van der Waals surface area (Å²) in [4.78, 5) is 11.9. The lowest BCUT2D eigenvalue weighted by Crippen LogP contribution is -2.28. The van der Waals surface area contributed by atoms with E-state index in [9.17, 15) is 9.90 Å². The molecule has 120 valence electrons. The number of carbonyl (C=O) groups excluding carboxylic acids is 1. The fraction of sp³-hybridized carbons (Fsp3) is 0.611. The number of benzene rings is 1. The van der Waals surface area contributed by atoms with Gasteiger partial charge in [0.15, 0.2) is 0 Å². The fourth-order valence-electron chi connectivity index (χ4n) is 3.46. The maximum atomic E-state index is 11.9. The first kappa shape index (κ1) is 15.3. The van der Waals surface area contributed by atoms with E-state index in [1.165, 1.54) is 25.7 Å². The molecule has 0 aromatic heterocycles. The Morgan fingerprint density at radius 2 is 2.18 bits per heavy atom. The Morgan fingerprint density at radius 3 is 3.00 bits per heavy atom. The SMILES string of the molecule is O=C(CCC1CCCC1)NCC(O)c1ccc2c(c1)CCO2. The van der Waals surface area contributed by atoms with Crippen molar-refractivity contribution in [3.8, 4) is 5.75 Å². The van der Waals surface area contributed by atoms with E-state index < -0.39 is 6.10 Å². The number of fused-ring (bicyclic) bond motifs is 1. The number of aliphatic hydroxyl groups is 1. The molecule has 1 heterocycles. The van der Waals surface area contributed by atoms with Gasteiger partial charge >= 0.3 is 0 Å². The van der Waals surface area contributed by atoms with Crippen molar-refractivity contribution in [3.05, 3.63) is 29.3 Å². The highest BCUT2D eigenvalue weighted by atomic mass is 16.5. The van der Waals surface area contributed by atoms with Crippen molar-refractivity contribution in [3.63, 3.8) is 0 Å². The first-order valence-corrected chi connectivity index (χ1v) is 8.43. The zero-order valence-corrected chi connectivity index (χ0v) is 13.0. The van der Waals surface area contributed by atoms with Crippen LogP contribution in [0.5, 0.6) is 5.75 Å². The van der Waals surface area contributed by atoms with Crippen LogP contribution in [0.2, 0.25) is 0 Å².